The van der Waals surface area contributed by atoms with Crippen molar-refractivity contribution in [2.75, 3.05) is 31.1 Å². The molecule has 1 aliphatic rings. The van der Waals surface area contributed by atoms with Crippen LogP contribution in [0.4, 0.5) is 5.69 Å². The zero-order valence-electron chi connectivity index (χ0n) is 19.2. The quantitative estimate of drug-likeness (QED) is 0.384. The highest BCUT2D eigenvalue weighted by molar-refractivity contribution is 7.89. The minimum absolute atomic E-state index is 0.0189. The fourth-order valence-electron chi connectivity index (χ4n) is 4.36. The number of sulfonamides is 1. The van der Waals surface area contributed by atoms with Crippen LogP contribution in [0.25, 0.3) is 11.0 Å². The molecule has 1 aliphatic heterocycles. The third kappa shape index (κ3) is 5.36. The second kappa shape index (κ2) is 10.5. The van der Waals surface area contributed by atoms with E-state index in [0.29, 0.717) is 42.2 Å². The van der Waals surface area contributed by atoms with Gasteiger partial charge in [0.05, 0.1) is 11.7 Å². The van der Waals surface area contributed by atoms with Crippen molar-refractivity contribution in [3.05, 3.63) is 83.4 Å². The molecule has 1 saturated heterocycles. The lowest BCUT2D eigenvalue weighted by molar-refractivity contribution is -0.133. The molecule has 1 fully saturated rings. The minimum atomic E-state index is -4.04. The Morgan fingerprint density at radius 1 is 0.972 bits per heavy atom. The molecular formula is C25H24ClN5O3S2. The molecule has 0 radical (unpaired) electrons. The molecule has 5 rings (SSSR count). The predicted octanol–water partition coefficient (Wildman–Crippen LogP) is 3.58. The molecule has 4 aromatic rings. The fourth-order valence-corrected chi connectivity index (χ4v) is 6.50. The van der Waals surface area contributed by atoms with Gasteiger partial charge in [0.2, 0.25) is 15.9 Å². The number of nitrogens with zero attached hydrogens (tertiary/aromatic N) is 4. The van der Waals surface area contributed by atoms with Crippen molar-refractivity contribution in [3.63, 3.8) is 0 Å². The maximum atomic E-state index is 13.7. The monoisotopic (exact) mass is 541 g/mol. The Morgan fingerprint density at radius 2 is 1.72 bits per heavy atom. The molecule has 0 saturated carbocycles. The number of hydrogen-bond acceptors (Lipinski definition) is 7. The van der Waals surface area contributed by atoms with Crippen molar-refractivity contribution in [1.82, 2.24) is 18.4 Å². The molecule has 1 N–H and O–H groups in total. The molecular weight excluding hydrogens is 518 g/mol. The number of aromatic nitrogens is 2. The first-order valence-corrected chi connectivity index (χ1v) is 14.1. The number of rotatable bonds is 7. The van der Waals surface area contributed by atoms with Crippen LogP contribution in [-0.4, -0.2) is 60.2 Å². The van der Waals surface area contributed by atoms with Gasteiger partial charge in [0, 0.05) is 36.9 Å². The number of halogens is 1. The summed E-state index contributed by atoms with van der Waals surface area (Å²) in [6.07, 6.45) is 0.235. The number of amides is 1. The van der Waals surface area contributed by atoms with Crippen LogP contribution < -0.4 is 9.62 Å². The van der Waals surface area contributed by atoms with E-state index in [4.69, 9.17) is 11.6 Å². The van der Waals surface area contributed by atoms with E-state index in [1.54, 1.807) is 17.0 Å². The Kier molecular flexibility index (Phi) is 7.20. The van der Waals surface area contributed by atoms with E-state index in [-0.39, 0.29) is 17.2 Å². The Hall–Kier alpha value is -3.05. The Bertz CT molecular complexity index is 1470. The largest absolute Gasteiger partial charge is 0.368 e. The molecule has 0 bridgehead atoms. The summed E-state index contributed by atoms with van der Waals surface area (Å²) in [5, 5.41) is 0.661. The molecule has 186 valence electrons. The number of piperazine rings is 1. The summed E-state index contributed by atoms with van der Waals surface area (Å²) >= 11 is 7.09. The first kappa shape index (κ1) is 24.6. The molecule has 11 heteroatoms. The van der Waals surface area contributed by atoms with Crippen molar-refractivity contribution in [2.45, 2.75) is 17.4 Å². The highest BCUT2D eigenvalue weighted by atomic mass is 35.5. The molecule has 2 heterocycles. The van der Waals surface area contributed by atoms with Gasteiger partial charge in [-0.2, -0.15) is 13.5 Å². The van der Waals surface area contributed by atoms with Gasteiger partial charge in [-0.05, 0) is 42.3 Å². The van der Waals surface area contributed by atoms with Crippen molar-refractivity contribution < 1.29 is 13.2 Å². The number of nitrogens with one attached hydrogen (secondary N) is 1. The summed E-state index contributed by atoms with van der Waals surface area (Å²) in [7, 11) is -4.04. The van der Waals surface area contributed by atoms with E-state index in [0.717, 1.165) is 23.0 Å². The van der Waals surface area contributed by atoms with E-state index in [2.05, 4.69) is 18.4 Å². The third-order valence-electron chi connectivity index (χ3n) is 6.18. The van der Waals surface area contributed by atoms with Crippen LogP contribution in [0.5, 0.6) is 0 Å². The average Bonchev–Trinajstić information content (AvgIpc) is 3.37. The molecule has 1 atom stereocenters. The van der Waals surface area contributed by atoms with Gasteiger partial charge in [0.25, 0.3) is 0 Å². The maximum absolute atomic E-state index is 13.7. The van der Waals surface area contributed by atoms with E-state index in [9.17, 15) is 13.2 Å². The van der Waals surface area contributed by atoms with Gasteiger partial charge in [-0.1, -0.05) is 54.1 Å². The van der Waals surface area contributed by atoms with Crippen LogP contribution in [0.2, 0.25) is 5.02 Å². The second-order valence-corrected chi connectivity index (χ2v) is 11.2. The molecule has 0 spiro atoms. The van der Waals surface area contributed by atoms with E-state index >= 15 is 0 Å². The van der Waals surface area contributed by atoms with Crippen molar-refractivity contribution in [2.24, 2.45) is 0 Å². The summed E-state index contributed by atoms with van der Waals surface area (Å²) in [6.45, 7) is 2.20. The zero-order chi connectivity index (χ0) is 25.1. The molecule has 8 nitrogen and oxygen atoms in total. The Balaban J connectivity index is 1.37. The molecule has 3 aromatic carbocycles. The van der Waals surface area contributed by atoms with Crippen LogP contribution in [0, 0.1) is 0 Å². The van der Waals surface area contributed by atoms with Crippen molar-refractivity contribution in [3.8, 4) is 0 Å². The topological polar surface area (TPSA) is 95.5 Å². The van der Waals surface area contributed by atoms with Gasteiger partial charge in [-0.3, -0.25) is 4.79 Å². The molecule has 0 aliphatic carbocycles. The highest BCUT2D eigenvalue weighted by Gasteiger charge is 2.32. The van der Waals surface area contributed by atoms with Gasteiger partial charge in [0.1, 0.15) is 22.0 Å². The fraction of sp³-hybridized carbons (Fsp3) is 0.240. The first-order chi connectivity index (χ1) is 17.4. The van der Waals surface area contributed by atoms with Crippen molar-refractivity contribution in [1.29, 1.82) is 0 Å². The van der Waals surface area contributed by atoms with Gasteiger partial charge >= 0.3 is 0 Å². The number of anilines is 1. The van der Waals surface area contributed by atoms with Crippen LogP contribution in [0.1, 0.15) is 5.56 Å². The van der Waals surface area contributed by atoms with Gasteiger partial charge in [-0.15, -0.1) is 0 Å². The standard InChI is InChI=1S/C25H24ClN5O3S2/c26-19-8-4-9-20(17-19)30-12-14-31(15-13-30)25(32)22(16-18-6-2-1-3-7-18)29-36(33,34)23-11-5-10-21-24(23)28-35-27-21/h1-11,17,22,29H,12-16H2/t22-/m1/s1. The second-order valence-electron chi connectivity index (χ2n) is 8.54. The summed E-state index contributed by atoms with van der Waals surface area (Å²) < 4.78 is 37.8. The number of carbonyl (C=O) groups is 1. The lowest BCUT2D eigenvalue weighted by Gasteiger charge is -2.37. The van der Waals surface area contributed by atoms with E-state index < -0.39 is 16.1 Å². The number of benzene rings is 3. The average molecular weight is 542 g/mol. The highest BCUT2D eigenvalue weighted by Crippen LogP contribution is 2.23. The lowest BCUT2D eigenvalue weighted by Crippen LogP contribution is -2.55. The molecule has 1 amide bonds. The molecule has 1 aromatic heterocycles. The zero-order valence-corrected chi connectivity index (χ0v) is 21.6. The lowest BCUT2D eigenvalue weighted by atomic mass is 10.1. The van der Waals surface area contributed by atoms with E-state index in [1.807, 2.05) is 54.6 Å². The van der Waals surface area contributed by atoms with Crippen LogP contribution >= 0.6 is 23.3 Å². The smallest absolute Gasteiger partial charge is 0.243 e. The minimum Gasteiger partial charge on any atom is -0.368 e. The molecule has 36 heavy (non-hydrogen) atoms. The number of fused-ring (bicyclic) bond motifs is 1. The first-order valence-electron chi connectivity index (χ1n) is 11.5. The number of hydrogen-bond donors (Lipinski definition) is 1. The Labute approximate surface area is 218 Å². The normalized spacial score (nSPS) is 15.2. The molecule has 0 unspecified atom stereocenters. The van der Waals surface area contributed by atoms with Crippen LogP contribution in [0.15, 0.2) is 77.7 Å². The number of carbonyl (C=O) groups excluding carboxylic acids is 1. The van der Waals surface area contributed by atoms with Gasteiger partial charge < -0.3 is 9.80 Å². The van der Waals surface area contributed by atoms with Crippen LogP contribution in [-0.2, 0) is 21.2 Å². The Morgan fingerprint density at radius 3 is 2.47 bits per heavy atom. The third-order valence-corrected chi connectivity index (χ3v) is 8.46. The SMILES string of the molecule is O=C([C@@H](Cc1ccccc1)NS(=O)(=O)c1cccc2nsnc12)N1CCN(c2cccc(Cl)c2)CC1. The van der Waals surface area contributed by atoms with Crippen LogP contribution in [0.3, 0.4) is 0 Å². The van der Waals surface area contributed by atoms with Gasteiger partial charge in [0.15, 0.2) is 0 Å². The summed E-state index contributed by atoms with van der Waals surface area (Å²) in [5.74, 6) is -0.253. The van der Waals surface area contributed by atoms with E-state index in [1.165, 1.54) is 6.07 Å². The van der Waals surface area contributed by atoms with Gasteiger partial charge in [-0.25, -0.2) is 8.42 Å². The summed E-state index contributed by atoms with van der Waals surface area (Å²) in [4.78, 5) is 17.6. The summed E-state index contributed by atoms with van der Waals surface area (Å²) in [6, 6.07) is 20.9. The maximum Gasteiger partial charge on any atom is 0.243 e. The summed E-state index contributed by atoms with van der Waals surface area (Å²) in [5.41, 5.74) is 2.67. The predicted molar refractivity (Wildman–Crippen MR) is 142 cm³/mol. The van der Waals surface area contributed by atoms with Crippen molar-refractivity contribution >= 4 is 56.0 Å².